The van der Waals surface area contributed by atoms with E-state index in [0.29, 0.717) is 18.0 Å². The summed E-state index contributed by atoms with van der Waals surface area (Å²) in [6.45, 7) is 7.99. The number of guanidine groups is 1. The van der Waals surface area contributed by atoms with E-state index >= 15 is 0 Å². The van der Waals surface area contributed by atoms with Crippen LogP contribution >= 0.6 is 0 Å². The third-order valence-electron chi connectivity index (χ3n) is 4.76. The van der Waals surface area contributed by atoms with Crippen LogP contribution in [0.1, 0.15) is 24.7 Å². The zero-order valence-electron chi connectivity index (χ0n) is 15.1. The molecule has 2 aromatic rings. The molecular weight excluding hydrogens is 321 g/mol. The van der Waals surface area contributed by atoms with E-state index in [1.54, 1.807) is 13.1 Å². The SMILES string of the molecule is CCOCC1CCN(C(=NC)NCc2oc3ccc(F)cc3c2C)C1. The smallest absolute Gasteiger partial charge is 0.194 e. The average molecular weight is 347 g/mol. The number of benzene rings is 1. The fraction of sp³-hybridized carbons (Fsp3) is 0.526. The molecule has 5 nitrogen and oxygen atoms in total. The maximum atomic E-state index is 13.4. The van der Waals surface area contributed by atoms with Crippen LogP contribution in [0.3, 0.4) is 0 Å². The molecule has 1 N–H and O–H groups in total. The van der Waals surface area contributed by atoms with Crippen LogP contribution in [-0.4, -0.2) is 44.2 Å². The van der Waals surface area contributed by atoms with Crippen molar-refractivity contribution in [1.29, 1.82) is 0 Å². The first-order chi connectivity index (χ1) is 12.1. The van der Waals surface area contributed by atoms with Crippen LogP contribution in [0.25, 0.3) is 11.0 Å². The van der Waals surface area contributed by atoms with Crippen LogP contribution in [0.2, 0.25) is 0 Å². The summed E-state index contributed by atoms with van der Waals surface area (Å²) in [7, 11) is 1.79. The van der Waals surface area contributed by atoms with Gasteiger partial charge in [-0.3, -0.25) is 4.99 Å². The summed E-state index contributed by atoms with van der Waals surface area (Å²) in [5, 5.41) is 4.19. The second kappa shape index (κ2) is 7.87. The van der Waals surface area contributed by atoms with Crippen molar-refractivity contribution < 1.29 is 13.5 Å². The molecule has 0 aliphatic carbocycles. The average Bonchev–Trinajstić information content (AvgIpc) is 3.20. The summed E-state index contributed by atoms with van der Waals surface area (Å²) < 4.78 is 24.8. The number of nitrogens with zero attached hydrogens (tertiary/aromatic N) is 2. The summed E-state index contributed by atoms with van der Waals surface area (Å²) >= 11 is 0. The van der Waals surface area contributed by atoms with Crippen LogP contribution in [0.4, 0.5) is 4.39 Å². The number of furan rings is 1. The van der Waals surface area contributed by atoms with Crippen molar-refractivity contribution in [3.05, 3.63) is 35.3 Å². The van der Waals surface area contributed by atoms with E-state index in [9.17, 15) is 4.39 Å². The number of likely N-dealkylation sites (tertiary alicyclic amines) is 1. The minimum atomic E-state index is -0.246. The maximum Gasteiger partial charge on any atom is 0.194 e. The fourth-order valence-electron chi connectivity index (χ4n) is 3.35. The van der Waals surface area contributed by atoms with Gasteiger partial charge >= 0.3 is 0 Å². The Morgan fingerprint density at radius 1 is 1.48 bits per heavy atom. The van der Waals surface area contributed by atoms with Gasteiger partial charge in [-0.1, -0.05) is 0 Å². The first-order valence-corrected chi connectivity index (χ1v) is 8.83. The minimum Gasteiger partial charge on any atom is -0.459 e. The molecule has 6 heteroatoms. The Labute approximate surface area is 147 Å². The Bertz CT molecular complexity index is 756. The number of ether oxygens (including phenoxy) is 1. The maximum absolute atomic E-state index is 13.4. The molecule has 0 spiro atoms. The molecule has 3 rings (SSSR count). The van der Waals surface area contributed by atoms with Gasteiger partial charge in [-0.05, 0) is 38.5 Å². The molecule has 2 heterocycles. The van der Waals surface area contributed by atoms with Gasteiger partial charge in [0.1, 0.15) is 17.2 Å². The minimum absolute atomic E-state index is 0.246. The lowest BCUT2D eigenvalue weighted by Gasteiger charge is -2.21. The second-order valence-corrected chi connectivity index (χ2v) is 6.45. The van der Waals surface area contributed by atoms with E-state index in [4.69, 9.17) is 9.15 Å². The van der Waals surface area contributed by atoms with Gasteiger partial charge in [0.2, 0.25) is 0 Å². The van der Waals surface area contributed by atoms with Crippen molar-refractivity contribution in [1.82, 2.24) is 10.2 Å². The highest BCUT2D eigenvalue weighted by Crippen LogP contribution is 2.26. The largest absolute Gasteiger partial charge is 0.459 e. The van der Waals surface area contributed by atoms with Crippen molar-refractivity contribution in [3.8, 4) is 0 Å². The van der Waals surface area contributed by atoms with Gasteiger partial charge in [-0.15, -0.1) is 0 Å². The van der Waals surface area contributed by atoms with Gasteiger partial charge < -0.3 is 19.4 Å². The highest BCUT2D eigenvalue weighted by atomic mass is 19.1. The van der Waals surface area contributed by atoms with Gasteiger partial charge in [0.05, 0.1) is 13.2 Å². The predicted molar refractivity (Wildman–Crippen MR) is 97.3 cm³/mol. The Morgan fingerprint density at radius 2 is 2.32 bits per heavy atom. The van der Waals surface area contributed by atoms with Crippen molar-refractivity contribution in [2.45, 2.75) is 26.8 Å². The molecule has 1 aliphatic rings. The van der Waals surface area contributed by atoms with Crippen LogP contribution < -0.4 is 5.32 Å². The first kappa shape index (κ1) is 17.7. The first-order valence-electron chi connectivity index (χ1n) is 8.83. The molecule has 1 fully saturated rings. The summed E-state index contributed by atoms with van der Waals surface area (Å²) in [5.74, 6) is 1.98. The lowest BCUT2D eigenvalue weighted by Crippen LogP contribution is -2.39. The molecule has 1 atom stereocenters. The van der Waals surface area contributed by atoms with Crippen molar-refractivity contribution in [3.63, 3.8) is 0 Å². The van der Waals surface area contributed by atoms with Crippen LogP contribution in [0.15, 0.2) is 27.6 Å². The van der Waals surface area contributed by atoms with Crippen LogP contribution in [0.5, 0.6) is 0 Å². The van der Waals surface area contributed by atoms with Crippen molar-refractivity contribution in [2.24, 2.45) is 10.9 Å². The van der Waals surface area contributed by atoms with Gasteiger partial charge in [0.25, 0.3) is 0 Å². The van der Waals surface area contributed by atoms with Crippen molar-refractivity contribution in [2.75, 3.05) is 33.4 Å². The molecule has 136 valence electrons. The zero-order chi connectivity index (χ0) is 17.8. The molecule has 1 unspecified atom stereocenters. The van der Waals surface area contributed by atoms with Gasteiger partial charge in [0.15, 0.2) is 5.96 Å². The summed E-state index contributed by atoms with van der Waals surface area (Å²) in [6, 6.07) is 4.62. The van der Waals surface area contributed by atoms with Crippen LogP contribution in [-0.2, 0) is 11.3 Å². The molecule has 0 bridgehead atoms. The Morgan fingerprint density at radius 3 is 3.08 bits per heavy atom. The number of halogens is 1. The highest BCUT2D eigenvalue weighted by Gasteiger charge is 2.25. The van der Waals surface area contributed by atoms with E-state index < -0.39 is 0 Å². The number of hydrogen-bond donors (Lipinski definition) is 1. The third-order valence-corrected chi connectivity index (χ3v) is 4.76. The normalized spacial score (nSPS) is 18.3. The predicted octanol–water partition coefficient (Wildman–Crippen LogP) is 3.31. The fourth-order valence-corrected chi connectivity index (χ4v) is 3.35. The Balaban J connectivity index is 1.63. The van der Waals surface area contributed by atoms with E-state index in [2.05, 4.69) is 15.2 Å². The number of aliphatic imine (C=N–C) groups is 1. The molecule has 1 saturated heterocycles. The highest BCUT2D eigenvalue weighted by molar-refractivity contribution is 5.83. The van der Waals surface area contributed by atoms with Gasteiger partial charge in [-0.2, -0.15) is 0 Å². The summed E-state index contributed by atoms with van der Waals surface area (Å²) in [6.07, 6.45) is 1.11. The summed E-state index contributed by atoms with van der Waals surface area (Å²) in [5.41, 5.74) is 1.68. The second-order valence-electron chi connectivity index (χ2n) is 6.45. The van der Waals surface area contributed by atoms with E-state index in [-0.39, 0.29) is 5.82 Å². The third kappa shape index (κ3) is 3.95. The van der Waals surface area contributed by atoms with Gasteiger partial charge in [0, 0.05) is 43.6 Å². The zero-order valence-corrected chi connectivity index (χ0v) is 15.1. The van der Waals surface area contributed by atoms with Crippen molar-refractivity contribution >= 4 is 16.9 Å². The van der Waals surface area contributed by atoms with Crippen LogP contribution in [0, 0.1) is 18.7 Å². The number of aryl methyl sites for hydroxylation is 1. The standard InChI is InChI=1S/C19H26FN3O2/c1-4-24-12-14-7-8-23(11-14)19(21-3)22-10-18-13(2)16-9-15(20)5-6-17(16)25-18/h5-6,9,14H,4,7-8,10-12H2,1-3H3,(H,21,22). The number of rotatable bonds is 5. The van der Waals surface area contributed by atoms with E-state index in [1.165, 1.54) is 12.1 Å². The Kier molecular flexibility index (Phi) is 5.58. The molecule has 1 aliphatic heterocycles. The molecule has 0 amide bonds. The summed E-state index contributed by atoms with van der Waals surface area (Å²) in [4.78, 5) is 6.64. The Hall–Kier alpha value is -2.08. The number of nitrogens with one attached hydrogen (secondary N) is 1. The van der Waals surface area contributed by atoms with E-state index in [0.717, 1.165) is 55.4 Å². The van der Waals surface area contributed by atoms with E-state index in [1.807, 2.05) is 13.8 Å². The quantitative estimate of drug-likeness (QED) is 0.666. The number of fused-ring (bicyclic) bond motifs is 1. The number of hydrogen-bond acceptors (Lipinski definition) is 3. The van der Waals surface area contributed by atoms with Gasteiger partial charge in [-0.25, -0.2) is 4.39 Å². The molecule has 25 heavy (non-hydrogen) atoms. The lowest BCUT2D eigenvalue weighted by molar-refractivity contribution is 0.114. The molecular formula is C19H26FN3O2. The molecule has 0 saturated carbocycles. The lowest BCUT2D eigenvalue weighted by atomic mass is 10.1. The molecule has 0 radical (unpaired) electrons. The molecule has 1 aromatic carbocycles. The topological polar surface area (TPSA) is 50.0 Å². The monoisotopic (exact) mass is 347 g/mol. The molecule has 1 aromatic heterocycles.